The number of carbonyl (C=O) groups excluding carboxylic acids is 2. The van der Waals surface area contributed by atoms with Gasteiger partial charge in [-0.05, 0) is 42.2 Å². The lowest BCUT2D eigenvalue weighted by atomic mass is 9.71. The quantitative estimate of drug-likeness (QED) is 0.685. The molecule has 0 unspecified atom stereocenters. The van der Waals surface area contributed by atoms with Crippen molar-refractivity contribution in [3.63, 3.8) is 0 Å². The predicted octanol–water partition coefficient (Wildman–Crippen LogP) is 3.35. The maximum Gasteiger partial charge on any atom is 0.270 e. The molecule has 5 rings (SSSR count). The molecule has 1 N–H and O–H groups in total. The lowest BCUT2D eigenvalue weighted by Crippen LogP contribution is -2.51. The van der Waals surface area contributed by atoms with Crippen LogP contribution in [0.5, 0.6) is 0 Å². The monoisotopic (exact) mass is 431 g/mol. The number of nitrogens with one attached hydrogen (secondary N) is 1. The maximum absolute atomic E-state index is 12.9. The van der Waals surface area contributed by atoms with Crippen LogP contribution in [0.3, 0.4) is 0 Å². The van der Waals surface area contributed by atoms with Gasteiger partial charge in [0.05, 0.1) is 24.0 Å². The van der Waals surface area contributed by atoms with Crippen molar-refractivity contribution in [1.82, 2.24) is 15.2 Å². The van der Waals surface area contributed by atoms with E-state index in [2.05, 4.69) is 22.4 Å². The van der Waals surface area contributed by atoms with E-state index in [9.17, 15) is 9.59 Å². The highest BCUT2D eigenvalue weighted by Gasteiger charge is 2.54. The molecule has 3 heterocycles. The number of hydrogen-bond donors (Lipinski definition) is 1. The van der Waals surface area contributed by atoms with Crippen molar-refractivity contribution in [3.05, 3.63) is 89.6 Å². The Morgan fingerprint density at radius 3 is 2.59 bits per heavy atom. The van der Waals surface area contributed by atoms with Crippen molar-refractivity contribution in [3.8, 4) is 0 Å². The van der Waals surface area contributed by atoms with Gasteiger partial charge >= 0.3 is 0 Å². The van der Waals surface area contributed by atoms with E-state index in [0.29, 0.717) is 24.3 Å². The number of ether oxygens (including phenoxy) is 1. The Hall–Kier alpha value is -3.45. The molecule has 2 aliphatic rings. The van der Waals surface area contributed by atoms with E-state index in [1.54, 1.807) is 37.6 Å². The molecule has 164 valence electrons. The minimum atomic E-state index is -0.290. The van der Waals surface area contributed by atoms with Gasteiger partial charge in [0, 0.05) is 31.8 Å². The summed E-state index contributed by atoms with van der Waals surface area (Å²) in [4.78, 5) is 31.8. The standard InChI is InChI=1S/C25H25N3O4/c1-31-22-21(27-23(29)20-8-4-5-12-26-20)18-6-2-3-7-19(18)25(22)10-13-28(14-11-25)24(30)17-9-15-32-16-17/h2-9,12,15-16,21-22H,10-11,13-14H2,1H3,(H,27,29)/t21-,22+/m1/s1. The number of rotatable bonds is 4. The van der Waals surface area contributed by atoms with Crippen LogP contribution in [0.2, 0.25) is 0 Å². The first-order valence-corrected chi connectivity index (χ1v) is 10.8. The number of pyridine rings is 1. The van der Waals surface area contributed by atoms with Gasteiger partial charge in [-0.25, -0.2) is 0 Å². The van der Waals surface area contributed by atoms with Crippen LogP contribution < -0.4 is 5.32 Å². The van der Waals surface area contributed by atoms with Crippen molar-refractivity contribution in [2.75, 3.05) is 20.2 Å². The Balaban J connectivity index is 1.42. The fraction of sp³-hybridized carbons (Fsp3) is 0.320. The van der Waals surface area contributed by atoms with Gasteiger partial charge in [-0.2, -0.15) is 0 Å². The third-order valence-corrected chi connectivity index (χ3v) is 6.83. The number of amides is 2. The molecule has 2 amide bonds. The summed E-state index contributed by atoms with van der Waals surface area (Å²) in [5.74, 6) is -0.245. The highest BCUT2D eigenvalue weighted by atomic mass is 16.5. The molecule has 1 aliphatic carbocycles. The largest absolute Gasteiger partial charge is 0.472 e. The Morgan fingerprint density at radius 2 is 1.91 bits per heavy atom. The highest BCUT2D eigenvalue weighted by molar-refractivity contribution is 5.94. The third-order valence-electron chi connectivity index (χ3n) is 6.83. The molecule has 0 bridgehead atoms. The summed E-state index contributed by atoms with van der Waals surface area (Å²) in [5.41, 5.74) is 2.92. The normalized spacial score (nSPS) is 21.3. The molecule has 1 spiro atoms. The van der Waals surface area contributed by atoms with Gasteiger partial charge in [0.15, 0.2) is 0 Å². The molecule has 1 aliphatic heterocycles. The molecular formula is C25H25N3O4. The zero-order valence-electron chi connectivity index (χ0n) is 17.9. The van der Waals surface area contributed by atoms with Crippen LogP contribution in [-0.4, -0.2) is 48.0 Å². The van der Waals surface area contributed by atoms with E-state index >= 15 is 0 Å². The van der Waals surface area contributed by atoms with E-state index in [1.165, 1.54) is 18.1 Å². The first kappa shape index (κ1) is 20.5. The summed E-state index contributed by atoms with van der Waals surface area (Å²) in [6, 6.07) is 14.9. The lowest BCUT2D eigenvalue weighted by molar-refractivity contribution is -0.00933. The molecule has 2 atom stereocenters. The summed E-state index contributed by atoms with van der Waals surface area (Å²) in [5, 5.41) is 3.16. The molecule has 2 aromatic heterocycles. The number of piperidine rings is 1. The summed E-state index contributed by atoms with van der Waals surface area (Å²) in [6.07, 6.45) is 5.88. The number of likely N-dealkylation sites (tertiary alicyclic amines) is 1. The fourth-order valence-corrected chi connectivity index (χ4v) is 5.32. The second-order valence-corrected chi connectivity index (χ2v) is 8.37. The zero-order valence-corrected chi connectivity index (χ0v) is 17.9. The van der Waals surface area contributed by atoms with Crippen molar-refractivity contribution in [1.29, 1.82) is 0 Å². The highest BCUT2D eigenvalue weighted by Crippen LogP contribution is 2.52. The molecule has 0 radical (unpaired) electrons. The second kappa shape index (κ2) is 8.24. The topological polar surface area (TPSA) is 84.7 Å². The average Bonchev–Trinajstić information content (AvgIpc) is 3.46. The maximum atomic E-state index is 12.9. The van der Waals surface area contributed by atoms with Crippen molar-refractivity contribution >= 4 is 11.8 Å². The van der Waals surface area contributed by atoms with Crippen LogP contribution in [-0.2, 0) is 10.2 Å². The molecule has 0 saturated carbocycles. The Morgan fingerprint density at radius 1 is 1.12 bits per heavy atom. The van der Waals surface area contributed by atoms with Gasteiger partial charge in [0.25, 0.3) is 11.8 Å². The molecule has 7 nitrogen and oxygen atoms in total. The molecular weight excluding hydrogens is 406 g/mol. The number of hydrogen-bond acceptors (Lipinski definition) is 5. The van der Waals surface area contributed by atoms with E-state index in [-0.39, 0.29) is 29.4 Å². The lowest BCUT2D eigenvalue weighted by Gasteiger charge is -2.44. The van der Waals surface area contributed by atoms with Crippen molar-refractivity contribution in [2.24, 2.45) is 0 Å². The van der Waals surface area contributed by atoms with Gasteiger partial charge in [0.1, 0.15) is 12.0 Å². The van der Waals surface area contributed by atoms with E-state index in [1.807, 2.05) is 17.0 Å². The van der Waals surface area contributed by atoms with E-state index in [0.717, 1.165) is 18.4 Å². The molecule has 3 aromatic rings. The van der Waals surface area contributed by atoms with Gasteiger partial charge in [-0.15, -0.1) is 0 Å². The number of nitrogens with zero attached hydrogens (tertiary/aromatic N) is 2. The predicted molar refractivity (Wildman–Crippen MR) is 117 cm³/mol. The second-order valence-electron chi connectivity index (χ2n) is 8.37. The first-order chi connectivity index (χ1) is 15.6. The average molecular weight is 431 g/mol. The molecule has 1 saturated heterocycles. The fourth-order valence-electron chi connectivity index (χ4n) is 5.32. The summed E-state index contributed by atoms with van der Waals surface area (Å²) >= 11 is 0. The Kier molecular flexibility index (Phi) is 5.27. The van der Waals surface area contributed by atoms with Crippen LogP contribution in [0.4, 0.5) is 0 Å². The number of furan rings is 1. The van der Waals surface area contributed by atoms with Crippen LogP contribution in [0.25, 0.3) is 0 Å². The molecule has 32 heavy (non-hydrogen) atoms. The summed E-state index contributed by atoms with van der Waals surface area (Å²) < 4.78 is 11.1. The third kappa shape index (κ3) is 3.29. The van der Waals surface area contributed by atoms with Crippen LogP contribution in [0.15, 0.2) is 71.7 Å². The van der Waals surface area contributed by atoms with E-state index in [4.69, 9.17) is 9.15 Å². The number of aromatic nitrogens is 1. The minimum Gasteiger partial charge on any atom is -0.472 e. The molecule has 1 aromatic carbocycles. The number of fused-ring (bicyclic) bond motifs is 2. The van der Waals surface area contributed by atoms with Crippen molar-refractivity contribution in [2.45, 2.75) is 30.4 Å². The number of carbonyl (C=O) groups is 2. The first-order valence-electron chi connectivity index (χ1n) is 10.8. The molecule has 7 heteroatoms. The summed E-state index contributed by atoms with van der Waals surface area (Å²) in [7, 11) is 1.70. The number of methoxy groups -OCH3 is 1. The van der Waals surface area contributed by atoms with Crippen molar-refractivity contribution < 1.29 is 18.7 Å². The van der Waals surface area contributed by atoms with Crippen LogP contribution in [0.1, 0.15) is 50.9 Å². The zero-order chi connectivity index (χ0) is 22.1. The number of benzene rings is 1. The van der Waals surface area contributed by atoms with Gasteiger partial charge in [-0.1, -0.05) is 30.3 Å². The minimum absolute atomic E-state index is 0.0196. The SMILES string of the molecule is CO[C@H]1[C@H](NC(=O)c2ccccn2)c2ccccc2C12CCN(C(=O)c1ccoc1)CC2. The van der Waals surface area contributed by atoms with Gasteiger partial charge in [0.2, 0.25) is 0 Å². The summed E-state index contributed by atoms with van der Waals surface area (Å²) in [6.45, 7) is 1.22. The van der Waals surface area contributed by atoms with Crippen LogP contribution in [0, 0.1) is 0 Å². The smallest absolute Gasteiger partial charge is 0.270 e. The Labute approximate surface area is 186 Å². The Bertz CT molecular complexity index is 1110. The van der Waals surface area contributed by atoms with E-state index < -0.39 is 0 Å². The molecule has 1 fully saturated rings. The van der Waals surface area contributed by atoms with Gasteiger partial charge in [-0.3, -0.25) is 14.6 Å². The van der Waals surface area contributed by atoms with Crippen LogP contribution >= 0.6 is 0 Å². The van der Waals surface area contributed by atoms with Gasteiger partial charge < -0.3 is 19.4 Å².